The molecule has 1 spiro atoms. The number of ether oxygens (including phenoxy) is 3. The van der Waals surface area contributed by atoms with Crippen LogP contribution in [0.4, 0.5) is 5.69 Å². The minimum atomic E-state index is -0.510. The second-order valence-corrected chi connectivity index (χ2v) is 6.30. The van der Waals surface area contributed by atoms with Crippen LogP contribution in [0.3, 0.4) is 0 Å². The van der Waals surface area contributed by atoms with E-state index in [0.29, 0.717) is 50.6 Å². The van der Waals surface area contributed by atoms with Crippen molar-refractivity contribution in [3.05, 3.63) is 24.3 Å². The Morgan fingerprint density at radius 3 is 2.52 bits per heavy atom. The van der Waals surface area contributed by atoms with E-state index in [1.807, 2.05) is 0 Å². The van der Waals surface area contributed by atoms with E-state index >= 15 is 0 Å². The lowest BCUT2D eigenvalue weighted by molar-refractivity contribution is -0.187. The van der Waals surface area contributed by atoms with Crippen LogP contribution in [0.2, 0.25) is 0 Å². The Balaban J connectivity index is 1.64. The molecule has 7 nitrogen and oxygen atoms in total. The predicted molar refractivity (Wildman–Crippen MR) is 91.5 cm³/mol. The predicted octanol–water partition coefficient (Wildman–Crippen LogP) is 1.41. The lowest BCUT2D eigenvalue weighted by Gasteiger charge is -2.38. The fourth-order valence-corrected chi connectivity index (χ4v) is 3.28. The van der Waals surface area contributed by atoms with E-state index in [2.05, 4.69) is 0 Å². The number of rotatable bonds is 4. The number of methoxy groups -OCH3 is 1. The summed E-state index contributed by atoms with van der Waals surface area (Å²) in [4.78, 5) is 27.9. The van der Waals surface area contributed by atoms with Gasteiger partial charge >= 0.3 is 0 Å². The van der Waals surface area contributed by atoms with Gasteiger partial charge in [-0.2, -0.15) is 0 Å². The first kappa shape index (κ1) is 17.7. The van der Waals surface area contributed by atoms with Gasteiger partial charge in [-0.3, -0.25) is 9.59 Å². The Morgan fingerprint density at radius 2 is 1.92 bits per heavy atom. The van der Waals surface area contributed by atoms with Crippen molar-refractivity contribution < 1.29 is 23.8 Å². The zero-order valence-electron chi connectivity index (χ0n) is 14.7. The molecule has 2 fully saturated rings. The molecule has 1 aromatic carbocycles. The Kier molecular flexibility index (Phi) is 5.24. The number of amides is 2. The molecule has 3 rings (SSSR count). The molecular weight excluding hydrogens is 324 g/mol. The first-order valence-corrected chi connectivity index (χ1v) is 8.51. The maximum atomic E-state index is 12.7. The van der Waals surface area contributed by atoms with Gasteiger partial charge in [-0.15, -0.1) is 0 Å². The highest BCUT2D eigenvalue weighted by molar-refractivity contribution is 5.97. The van der Waals surface area contributed by atoms with Crippen LogP contribution in [-0.4, -0.2) is 62.5 Å². The van der Waals surface area contributed by atoms with Gasteiger partial charge in [0.1, 0.15) is 12.3 Å². The summed E-state index contributed by atoms with van der Waals surface area (Å²) in [7, 11) is 1.57. The molecule has 0 N–H and O–H groups in total. The van der Waals surface area contributed by atoms with Crippen molar-refractivity contribution in [1.82, 2.24) is 4.90 Å². The zero-order chi connectivity index (χ0) is 17.9. The van der Waals surface area contributed by atoms with Crippen LogP contribution in [0.1, 0.15) is 19.8 Å². The Hall–Kier alpha value is -2.12. The molecular formula is C18H24N2O5. The van der Waals surface area contributed by atoms with Gasteiger partial charge in [-0.1, -0.05) is 6.07 Å². The van der Waals surface area contributed by atoms with Crippen molar-refractivity contribution in [3.8, 4) is 5.75 Å². The highest BCUT2D eigenvalue weighted by Gasteiger charge is 2.40. The molecule has 0 radical (unpaired) electrons. The molecule has 0 saturated carbocycles. The fourth-order valence-electron chi connectivity index (χ4n) is 3.28. The van der Waals surface area contributed by atoms with E-state index in [0.717, 1.165) is 0 Å². The first-order valence-electron chi connectivity index (χ1n) is 8.51. The molecule has 0 bridgehead atoms. The number of hydrogen-bond donors (Lipinski definition) is 0. The minimum Gasteiger partial charge on any atom is -0.497 e. The van der Waals surface area contributed by atoms with Crippen molar-refractivity contribution in [2.75, 3.05) is 44.9 Å². The molecule has 2 amide bonds. The molecule has 2 aliphatic rings. The highest BCUT2D eigenvalue weighted by Crippen LogP contribution is 2.31. The monoisotopic (exact) mass is 348 g/mol. The topological polar surface area (TPSA) is 68.3 Å². The second kappa shape index (κ2) is 7.41. The summed E-state index contributed by atoms with van der Waals surface area (Å²) in [6.07, 6.45) is 1.33. The van der Waals surface area contributed by atoms with Gasteiger partial charge in [0, 0.05) is 44.6 Å². The smallest absolute Gasteiger partial charge is 0.242 e. The van der Waals surface area contributed by atoms with Gasteiger partial charge in [0.25, 0.3) is 0 Å². The number of nitrogens with zero attached hydrogens (tertiary/aromatic N) is 2. The Morgan fingerprint density at radius 1 is 1.24 bits per heavy atom. The van der Waals surface area contributed by atoms with E-state index in [1.54, 1.807) is 36.3 Å². The normalized spacial score (nSPS) is 19.0. The molecule has 0 atom stereocenters. The van der Waals surface area contributed by atoms with Crippen LogP contribution < -0.4 is 9.64 Å². The summed E-state index contributed by atoms with van der Waals surface area (Å²) in [5.41, 5.74) is 0.649. The van der Waals surface area contributed by atoms with Crippen LogP contribution in [-0.2, 0) is 19.1 Å². The third-order valence-corrected chi connectivity index (χ3v) is 4.73. The standard InChI is InChI=1S/C18H24N2O5/c1-14(21)20(15-4-3-5-16(12-15)23-2)13-17(22)19-8-6-18(7-9-19)24-10-11-25-18/h3-5,12H,6-11,13H2,1-2H3. The number of benzene rings is 1. The number of hydrogen-bond acceptors (Lipinski definition) is 5. The van der Waals surface area contributed by atoms with E-state index in [-0.39, 0.29) is 18.4 Å². The third kappa shape index (κ3) is 3.93. The summed E-state index contributed by atoms with van der Waals surface area (Å²) in [5.74, 6) is -0.126. The maximum absolute atomic E-state index is 12.7. The van der Waals surface area contributed by atoms with Gasteiger partial charge in [-0.25, -0.2) is 0 Å². The number of likely N-dealkylation sites (tertiary alicyclic amines) is 1. The van der Waals surface area contributed by atoms with Gasteiger partial charge in [0.05, 0.1) is 20.3 Å². The lowest BCUT2D eigenvalue weighted by atomic mass is 10.0. The third-order valence-electron chi connectivity index (χ3n) is 4.73. The minimum absolute atomic E-state index is 0.0111. The molecule has 2 saturated heterocycles. The first-order chi connectivity index (χ1) is 12.0. The Bertz CT molecular complexity index is 632. The highest BCUT2D eigenvalue weighted by atomic mass is 16.7. The fraction of sp³-hybridized carbons (Fsp3) is 0.556. The number of piperidine rings is 1. The summed E-state index contributed by atoms with van der Waals surface area (Å²) in [6, 6.07) is 7.14. The van der Waals surface area contributed by atoms with Crippen LogP contribution in [0, 0.1) is 0 Å². The van der Waals surface area contributed by atoms with E-state index in [1.165, 1.54) is 11.8 Å². The van der Waals surface area contributed by atoms with Crippen molar-refractivity contribution in [2.24, 2.45) is 0 Å². The number of carbonyl (C=O) groups excluding carboxylic acids is 2. The van der Waals surface area contributed by atoms with E-state index < -0.39 is 5.79 Å². The largest absolute Gasteiger partial charge is 0.497 e. The summed E-state index contributed by atoms with van der Waals surface area (Å²) >= 11 is 0. The van der Waals surface area contributed by atoms with Crippen molar-refractivity contribution in [3.63, 3.8) is 0 Å². The molecule has 0 aliphatic carbocycles. The van der Waals surface area contributed by atoms with Crippen LogP contribution in [0.25, 0.3) is 0 Å². The molecule has 2 aliphatic heterocycles. The van der Waals surface area contributed by atoms with Gasteiger partial charge in [0.15, 0.2) is 5.79 Å². The lowest BCUT2D eigenvalue weighted by Crippen LogP contribution is -2.50. The molecule has 0 aromatic heterocycles. The van der Waals surface area contributed by atoms with Crippen molar-refractivity contribution in [2.45, 2.75) is 25.6 Å². The number of carbonyl (C=O) groups is 2. The van der Waals surface area contributed by atoms with E-state index in [4.69, 9.17) is 14.2 Å². The van der Waals surface area contributed by atoms with Crippen LogP contribution in [0.15, 0.2) is 24.3 Å². The van der Waals surface area contributed by atoms with Gasteiger partial charge in [0.2, 0.25) is 11.8 Å². The molecule has 25 heavy (non-hydrogen) atoms. The molecule has 2 heterocycles. The molecule has 0 unspecified atom stereocenters. The van der Waals surface area contributed by atoms with Crippen LogP contribution in [0.5, 0.6) is 5.75 Å². The summed E-state index contributed by atoms with van der Waals surface area (Å²) in [6.45, 7) is 3.84. The number of anilines is 1. The average molecular weight is 348 g/mol. The zero-order valence-corrected chi connectivity index (χ0v) is 14.7. The van der Waals surface area contributed by atoms with Crippen molar-refractivity contribution in [1.29, 1.82) is 0 Å². The van der Waals surface area contributed by atoms with Crippen LogP contribution >= 0.6 is 0 Å². The average Bonchev–Trinajstić information content (AvgIpc) is 3.08. The van der Waals surface area contributed by atoms with Gasteiger partial charge in [-0.05, 0) is 12.1 Å². The SMILES string of the molecule is COc1cccc(N(CC(=O)N2CCC3(CC2)OCCO3)C(C)=O)c1. The van der Waals surface area contributed by atoms with Crippen molar-refractivity contribution >= 4 is 17.5 Å². The molecule has 1 aromatic rings. The molecule has 136 valence electrons. The Labute approximate surface area is 147 Å². The second-order valence-electron chi connectivity index (χ2n) is 6.30. The maximum Gasteiger partial charge on any atom is 0.242 e. The quantitative estimate of drug-likeness (QED) is 0.823. The van der Waals surface area contributed by atoms with Gasteiger partial charge < -0.3 is 24.0 Å². The molecule has 7 heteroatoms. The van der Waals surface area contributed by atoms with E-state index in [9.17, 15) is 9.59 Å². The summed E-state index contributed by atoms with van der Waals surface area (Å²) < 4.78 is 16.6. The summed E-state index contributed by atoms with van der Waals surface area (Å²) in [5, 5.41) is 0.